The van der Waals surface area contributed by atoms with Gasteiger partial charge >= 0.3 is 0 Å². The number of ether oxygens (including phenoxy) is 1. The number of aliphatic hydroxyl groups excluding tert-OH is 1. The van der Waals surface area contributed by atoms with Crippen molar-refractivity contribution in [2.45, 2.75) is 32.5 Å². The summed E-state index contributed by atoms with van der Waals surface area (Å²) in [4.78, 5) is 0. The maximum Gasteiger partial charge on any atom is 0.0897 e. The van der Waals surface area contributed by atoms with Crippen LogP contribution in [0.4, 0.5) is 0 Å². The van der Waals surface area contributed by atoms with Crippen LogP contribution in [0.5, 0.6) is 0 Å². The fourth-order valence-corrected chi connectivity index (χ4v) is 1.51. The highest BCUT2D eigenvalue weighted by molar-refractivity contribution is 5.14. The van der Waals surface area contributed by atoms with Gasteiger partial charge in [-0.05, 0) is 32.4 Å². The topological polar surface area (TPSA) is 41.5 Å². The van der Waals surface area contributed by atoms with Crippen molar-refractivity contribution in [3.8, 4) is 0 Å². The molecule has 0 aromatic heterocycles. The van der Waals surface area contributed by atoms with Crippen molar-refractivity contribution in [3.63, 3.8) is 0 Å². The lowest BCUT2D eigenvalue weighted by Crippen LogP contribution is -2.32. The van der Waals surface area contributed by atoms with Gasteiger partial charge < -0.3 is 15.2 Å². The van der Waals surface area contributed by atoms with Crippen LogP contribution in [0, 0.1) is 0 Å². The van der Waals surface area contributed by atoms with Crippen molar-refractivity contribution < 1.29 is 9.84 Å². The molecule has 1 aromatic carbocycles. The van der Waals surface area contributed by atoms with Crippen molar-refractivity contribution in [1.82, 2.24) is 5.32 Å². The molecule has 96 valence electrons. The third-order valence-corrected chi connectivity index (χ3v) is 2.44. The van der Waals surface area contributed by atoms with Crippen LogP contribution in [0.15, 0.2) is 30.3 Å². The van der Waals surface area contributed by atoms with E-state index >= 15 is 0 Å². The fraction of sp³-hybridized carbons (Fsp3) is 0.571. The Balaban J connectivity index is 2.04. The highest BCUT2D eigenvalue weighted by Gasteiger charge is 2.04. The van der Waals surface area contributed by atoms with Crippen LogP contribution in [0.3, 0.4) is 0 Å². The SMILES string of the molecule is CC(C)OCC(O)CNCCc1ccccc1. The molecule has 0 bridgehead atoms. The van der Waals surface area contributed by atoms with Gasteiger partial charge in [-0.25, -0.2) is 0 Å². The summed E-state index contributed by atoms with van der Waals surface area (Å²) in [5.41, 5.74) is 1.31. The quantitative estimate of drug-likeness (QED) is 0.675. The number of nitrogens with one attached hydrogen (secondary N) is 1. The second-order valence-corrected chi connectivity index (χ2v) is 4.48. The molecule has 3 nitrogen and oxygen atoms in total. The monoisotopic (exact) mass is 237 g/mol. The minimum atomic E-state index is -0.423. The Bertz CT molecular complexity index is 288. The van der Waals surface area contributed by atoms with Gasteiger partial charge in [0, 0.05) is 6.54 Å². The molecule has 1 rings (SSSR count). The summed E-state index contributed by atoms with van der Waals surface area (Å²) in [7, 11) is 0. The largest absolute Gasteiger partial charge is 0.389 e. The summed E-state index contributed by atoms with van der Waals surface area (Å²) in [6, 6.07) is 10.3. The standard InChI is InChI=1S/C14H23NO2/c1-12(2)17-11-14(16)10-15-9-8-13-6-4-3-5-7-13/h3-7,12,14-16H,8-11H2,1-2H3. The van der Waals surface area contributed by atoms with Crippen molar-refractivity contribution in [2.75, 3.05) is 19.7 Å². The van der Waals surface area contributed by atoms with Gasteiger partial charge in [0.25, 0.3) is 0 Å². The minimum absolute atomic E-state index is 0.175. The molecule has 1 aromatic rings. The molecule has 1 atom stereocenters. The van der Waals surface area contributed by atoms with Crippen molar-refractivity contribution in [1.29, 1.82) is 0 Å². The number of hydrogen-bond donors (Lipinski definition) is 2. The Morgan fingerprint density at radius 3 is 2.59 bits per heavy atom. The van der Waals surface area contributed by atoms with Gasteiger partial charge in [0.1, 0.15) is 0 Å². The zero-order valence-electron chi connectivity index (χ0n) is 10.7. The van der Waals surface area contributed by atoms with Crippen LogP contribution in [0.25, 0.3) is 0 Å². The van der Waals surface area contributed by atoms with Crippen molar-refractivity contribution >= 4 is 0 Å². The Hall–Kier alpha value is -0.900. The van der Waals surface area contributed by atoms with Crippen LogP contribution in [0.1, 0.15) is 19.4 Å². The zero-order valence-corrected chi connectivity index (χ0v) is 10.7. The Morgan fingerprint density at radius 2 is 1.94 bits per heavy atom. The lowest BCUT2D eigenvalue weighted by atomic mass is 10.1. The number of hydrogen-bond acceptors (Lipinski definition) is 3. The predicted molar refractivity (Wildman–Crippen MR) is 70.1 cm³/mol. The van der Waals surface area contributed by atoms with E-state index in [1.165, 1.54) is 5.56 Å². The number of aliphatic hydroxyl groups is 1. The molecule has 0 amide bonds. The molecule has 0 spiro atoms. The lowest BCUT2D eigenvalue weighted by Gasteiger charge is -2.14. The Labute approximate surface area is 104 Å². The molecule has 0 fully saturated rings. The molecular formula is C14H23NO2. The zero-order chi connectivity index (χ0) is 12.5. The summed E-state index contributed by atoms with van der Waals surface area (Å²) in [6.07, 6.45) is 0.737. The summed E-state index contributed by atoms with van der Waals surface area (Å²) >= 11 is 0. The number of benzene rings is 1. The molecule has 2 N–H and O–H groups in total. The molecule has 3 heteroatoms. The molecule has 0 aliphatic rings. The van der Waals surface area contributed by atoms with E-state index in [4.69, 9.17) is 4.74 Å². The smallest absolute Gasteiger partial charge is 0.0897 e. The first-order valence-electron chi connectivity index (χ1n) is 6.23. The van der Waals surface area contributed by atoms with Crippen LogP contribution in [0.2, 0.25) is 0 Å². The second-order valence-electron chi connectivity index (χ2n) is 4.48. The molecule has 0 aliphatic carbocycles. The molecule has 0 aliphatic heterocycles. The van der Waals surface area contributed by atoms with E-state index in [9.17, 15) is 5.11 Å². The van der Waals surface area contributed by atoms with Crippen LogP contribution in [-0.2, 0) is 11.2 Å². The highest BCUT2D eigenvalue weighted by atomic mass is 16.5. The van der Waals surface area contributed by atoms with E-state index in [0.717, 1.165) is 13.0 Å². The Morgan fingerprint density at radius 1 is 1.24 bits per heavy atom. The third-order valence-electron chi connectivity index (χ3n) is 2.44. The van der Waals surface area contributed by atoms with E-state index in [1.807, 2.05) is 32.0 Å². The first kappa shape index (κ1) is 14.2. The maximum absolute atomic E-state index is 9.61. The van der Waals surface area contributed by atoms with Gasteiger partial charge in [-0.2, -0.15) is 0 Å². The molecule has 0 heterocycles. The molecule has 0 saturated carbocycles. The normalized spacial score (nSPS) is 12.9. The molecule has 0 saturated heterocycles. The highest BCUT2D eigenvalue weighted by Crippen LogP contribution is 1.98. The van der Waals surface area contributed by atoms with Gasteiger partial charge in [-0.3, -0.25) is 0 Å². The average Bonchev–Trinajstić information content (AvgIpc) is 2.33. The first-order chi connectivity index (χ1) is 8.18. The maximum atomic E-state index is 9.61. The van der Waals surface area contributed by atoms with Gasteiger partial charge in [0.05, 0.1) is 18.8 Å². The van der Waals surface area contributed by atoms with Crippen LogP contribution < -0.4 is 5.32 Å². The predicted octanol–water partition coefficient (Wildman–Crippen LogP) is 1.60. The average molecular weight is 237 g/mol. The lowest BCUT2D eigenvalue weighted by molar-refractivity contribution is 0.00652. The summed E-state index contributed by atoms with van der Waals surface area (Å²) in [5.74, 6) is 0. The van der Waals surface area contributed by atoms with Gasteiger partial charge in [-0.15, -0.1) is 0 Å². The second kappa shape index (κ2) is 8.23. The van der Waals surface area contributed by atoms with E-state index in [2.05, 4.69) is 17.4 Å². The molecular weight excluding hydrogens is 214 g/mol. The summed E-state index contributed by atoms with van der Waals surface area (Å²) in [6.45, 7) is 5.80. The summed E-state index contributed by atoms with van der Waals surface area (Å²) < 4.78 is 5.33. The van der Waals surface area contributed by atoms with E-state index < -0.39 is 6.10 Å². The summed E-state index contributed by atoms with van der Waals surface area (Å²) in [5, 5.41) is 12.8. The van der Waals surface area contributed by atoms with E-state index in [0.29, 0.717) is 13.2 Å². The van der Waals surface area contributed by atoms with E-state index in [1.54, 1.807) is 0 Å². The van der Waals surface area contributed by atoms with Gasteiger partial charge in [0.2, 0.25) is 0 Å². The Kier molecular flexibility index (Phi) is 6.86. The van der Waals surface area contributed by atoms with Crippen LogP contribution >= 0.6 is 0 Å². The fourth-order valence-electron chi connectivity index (χ4n) is 1.51. The molecule has 1 unspecified atom stereocenters. The molecule has 17 heavy (non-hydrogen) atoms. The number of rotatable bonds is 8. The minimum Gasteiger partial charge on any atom is -0.389 e. The third kappa shape index (κ3) is 7.10. The molecule has 0 radical (unpaired) electrons. The van der Waals surface area contributed by atoms with Crippen molar-refractivity contribution in [3.05, 3.63) is 35.9 Å². The van der Waals surface area contributed by atoms with Crippen molar-refractivity contribution in [2.24, 2.45) is 0 Å². The van der Waals surface area contributed by atoms with Gasteiger partial charge in [-0.1, -0.05) is 30.3 Å². The van der Waals surface area contributed by atoms with Gasteiger partial charge in [0.15, 0.2) is 0 Å². The first-order valence-corrected chi connectivity index (χ1v) is 6.23. The van der Waals surface area contributed by atoms with Crippen LogP contribution in [-0.4, -0.2) is 37.0 Å². The van der Waals surface area contributed by atoms with E-state index in [-0.39, 0.29) is 6.10 Å².